The first-order valence-electron chi connectivity index (χ1n) is 6.23. The minimum atomic E-state index is -7.33. The number of hydrogen-bond acceptors (Lipinski definition) is 0. The molecule has 15 heteroatoms. The molecular weight excluding hydrogens is 441 g/mol. The van der Waals surface area contributed by atoms with Crippen LogP contribution in [-0.2, 0) is 0 Å². The summed E-state index contributed by atoms with van der Waals surface area (Å²) < 4.78 is 181. The van der Waals surface area contributed by atoms with Crippen LogP contribution in [0.1, 0.15) is 0 Å². The second-order valence-corrected chi connectivity index (χ2v) is 7.21. The topological polar surface area (TPSA) is 0 Å². The lowest BCUT2D eigenvalue weighted by Crippen LogP contribution is -2.59. The monoisotopic (exact) mass is 446 g/mol. The summed E-state index contributed by atoms with van der Waals surface area (Å²) in [6.45, 7) is 0. The number of rotatable bonds is 5. The summed E-state index contributed by atoms with van der Waals surface area (Å²) in [6.07, 6.45) is -14.4. The highest BCUT2D eigenvalue weighted by Gasteiger charge is 2.85. The summed E-state index contributed by atoms with van der Waals surface area (Å²) in [7, 11) is -6.05. The first-order valence-corrected chi connectivity index (χ1v) is 7.57. The Labute approximate surface area is 141 Å². The normalized spacial score (nSPS) is 15.4. The summed E-state index contributed by atoms with van der Waals surface area (Å²) in [5.41, 5.74) is -14.0. The second-order valence-electron chi connectivity index (χ2n) is 4.90. The van der Waals surface area contributed by atoms with E-state index in [1.807, 2.05) is 0 Å². The van der Waals surface area contributed by atoms with Gasteiger partial charge in [-0.25, -0.2) is 0 Å². The van der Waals surface area contributed by atoms with Crippen molar-refractivity contribution in [3.05, 3.63) is 30.3 Å². The molecule has 0 heterocycles. The molecule has 0 N–H and O–H groups in total. The molecule has 0 spiro atoms. The lowest BCUT2D eigenvalue weighted by atomic mass is 10.3. The van der Waals surface area contributed by atoms with Gasteiger partial charge in [-0.2, -0.15) is 61.5 Å². The number of halogens is 14. The fraction of sp³-hybridized carbons (Fsp3) is 0.500. The zero-order valence-corrected chi connectivity index (χ0v) is 13.0. The van der Waals surface area contributed by atoms with Crippen molar-refractivity contribution >= 4 is 13.2 Å². The van der Waals surface area contributed by atoms with Crippen LogP contribution in [0.15, 0.2) is 30.3 Å². The first kappa shape index (κ1) is 23.7. The molecule has 0 radical (unpaired) electrons. The van der Waals surface area contributed by atoms with Crippen molar-refractivity contribution < 1.29 is 61.5 Å². The number of benzene rings is 1. The van der Waals surface area contributed by atoms with E-state index in [0.29, 0.717) is 12.1 Å². The van der Waals surface area contributed by atoms with Gasteiger partial charge in [0, 0.05) is 0 Å². The van der Waals surface area contributed by atoms with Gasteiger partial charge < -0.3 is 0 Å². The molecule has 1 aromatic carbocycles. The summed E-state index contributed by atoms with van der Waals surface area (Å²) in [6, 6.07) is 1.90. The quantitative estimate of drug-likeness (QED) is 0.364. The van der Waals surface area contributed by atoms with Crippen LogP contribution in [0.2, 0.25) is 0 Å². The fourth-order valence-corrected chi connectivity index (χ4v) is 3.99. The SMILES string of the molecule is FC(F)(F)C(F)(F)C(F)(F)P(c1ccccc1)C(F)(F)C(F)(F)C(F)(F)F. The molecule has 0 atom stereocenters. The standard InChI is InChI=1S/C12H5F14P/c13-7(14,9(17,18)19)11(23,24)27(6-4-2-1-3-5-6)12(25,26)8(15,16)10(20,21)22/h1-5H. The fourth-order valence-electron chi connectivity index (χ4n) is 1.70. The van der Waals surface area contributed by atoms with E-state index in [9.17, 15) is 61.5 Å². The van der Waals surface area contributed by atoms with Crippen LogP contribution >= 0.6 is 7.92 Å². The Balaban J connectivity index is 3.81. The van der Waals surface area contributed by atoms with Gasteiger partial charge in [-0.3, -0.25) is 0 Å². The average molecular weight is 446 g/mol. The Hall–Kier alpha value is -1.33. The molecule has 0 bridgehead atoms. The van der Waals surface area contributed by atoms with Gasteiger partial charge in [-0.1, -0.05) is 30.3 Å². The van der Waals surface area contributed by atoms with E-state index in [-0.39, 0.29) is 12.1 Å². The van der Waals surface area contributed by atoms with Crippen LogP contribution in [0.5, 0.6) is 0 Å². The molecule has 0 unspecified atom stereocenters. The van der Waals surface area contributed by atoms with Crippen LogP contribution in [0.4, 0.5) is 61.5 Å². The highest BCUT2D eigenvalue weighted by molar-refractivity contribution is 7.68. The third-order valence-electron chi connectivity index (χ3n) is 3.04. The molecule has 27 heavy (non-hydrogen) atoms. The van der Waals surface area contributed by atoms with Crippen molar-refractivity contribution in [3.63, 3.8) is 0 Å². The minimum absolute atomic E-state index is 0.0203. The van der Waals surface area contributed by atoms with E-state index >= 15 is 0 Å². The second kappa shape index (κ2) is 6.63. The molecule has 0 aromatic heterocycles. The molecule has 0 amide bonds. The van der Waals surface area contributed by atoms with Crippen LogP contribution in [0.3, 0.4) is 0 Å². The van der Waals surface area contributed by atoms with Crippen molar-refractivity contribution in [2.75, 3.05) is 0 Å². The highest BCUT2D eigenvalue weighted by Crippen LogP contribution is 2.73. The van der Waals surface area contributed by atoms with Crippen molar-refractivity contribution in [1.82, 2.24) is 0 Å². The van der Waals surface area contributed by atoms with E-state index in [0.717, 1.165) is 6.07 Å². The van der Waals surface area contributed by atoms with Crippen LogP contribution in [0.25, 0.3) is 0 Å². The Morgan fingerprint density at radius 2 is 0.778 bits per heavy atom. The van der Waals surface area contributed by atoms with Gasteiger partial charge in [0.05, 0.1) is 7.92 Å². The van der Waals surface area contributed by atoms with Gasteiger partial charge in [-0.05, 0) is 5.30 Å². The Morgan fingerprint density at radius 3 is 1.04 bits per heavy atom. The van der Waals surface area contributed by atoms with E-state index in [1.54, 1.807) is 0 Å². The largest absolute Gasteiger partial charge is 0.460 e. The van der Waals surface area contributed by atoms with Gasteiger partial charge in [0.15, 0.2) is 0 Å². The zero-order chi connectivity index (χ0) is 21.7. The van der Waals surface area contributed by atoms with Gasteiger partial charge in [0.25, 0.3) is 0 Å². The Morgan fingerprint density at radius 1 is 0.481 bits per heavy atom. The molecule has 1 aromatic rings. The average Bonchev–Trinajstić information content (AvgIpc) is 2.45. The summed E-state index contributed by atoms with van der Waals surface area (Å²) in [4.78, 5) is 0. The van der Waals surface area contributed by atoms with Crippen LogP contribution in [0, 0.1) is 0 Å². The lowest BCUT2D eigenvalue weighted by molar-refractivity contribution is -0.343. The molecule has 0 aliphatic carbocycles. The van der Waals surface area contributed by atoms with Gasteiger partial charge >= 0.3 is 35.5 Å². The third kappa shape index (κ3) is 3.68. The van der Waals surface area contributed by atoms with E-state index in [2.05, 4.69) is 0 Å². The van der Waals surface area contributed by atoms with Crippen LogP contribution < -0.4 is 5.30 Å². The predicted molar refractivity (Wildman–Crippen MR) is 64.9 cm³/mol. The van der Waals surface area contributed by atoms with E-state index in [4.69, 9.17) is 0 Å². The Bertz CT molecular complexity index is 606. The molecular formula is C12H5F14P. The third-order valence-corrected chi connectivity index (χ3v) is 5.54. The van der Waals surface area contributed by atoms with Crippen molar-refractivity contribution in [3.8, 4) is 0 Å². The molecule has 0 fully saturated rings. The molecule has 156 valence electrons. The minimum Gasteiger partial charge on any atom is -0.194 e. The lowest BCUT2D eigenvalue weighted by Gasteiger charge is -2.40. The van der Waals surface area contributed by atoms with Crippen molar-refractivity contribution in [1.29, 1.82) is 0 Å². The summed E-state index contributed by atoms with van der Waals surface area (Å²) in [5, 5.41) is -1.92. The molecule has 1 rings (SSSR count). The van der Waals surface area contributed by atoms with Gasteiger partial charge in [-0.15, -0.1) is 0 Å². The van der Waals surface area contributed by atoms with E-state index < -0.39 is 48.8 Å². The van der Waals surface area contributed by atoms with Gasteiger partial charge in [0.1, 0.15) is 0 Å². The first-order chi connectivity index (χ1) is 11.7. The maximum absolute atomic E-state index is 13.8. The molecule has 0 saturated heterocycles. The molecule has 0 aliphatic rings. The number of hydrogen-bond donors (Lipinski definition) is 0. The van der Waals surface area contributed by atoms with E-state index in [1.165, 1.54) is 0 Å². The molecule has 0 nitrogen and oxygen atoms in total. The Kier molecular flexibility index (Phi) is 5.82. The maximum atomic E-state index is 13.8. The maximum Gasteiger partial charge on any atom is 0.460 e. The summed E-state index contributed by atoms with van der Waals surface area (Å²) >= 11 is 0. The summed E-state index contributed by atoms with van der Waals surface area (Å²) in [5.74, 6) is -14.7. The zero-order valence-electron chi connectivity index (χ0n) is 12.1. The smallest absolute Gasteiger partial charge is 0.194 e. The van der Waals surface area contributed by atoms with Crippen molar-refractivity contribution in [2.24, 2.45) is 0 Å². The van der Waals surface area contributed by atoms with Crippen molar-refractivity contribution in [2.45, 2.75) is 35.5 Å². The number of alkyl halides is 14. The highest BCUT2D eigenvalue weighted by atomic mass is 31.1. The van der Waals surface area contributed by atoms with Crippen LogP contribution in [-0.4, -0.2) is 35.5 Å². The molecule has 0 aliphatic heterocycles. The van der Waals surface area contributed by atoms with Gasteiger partial charge in [0.2, 0.25) is 0 Å². The molecule has 0 saturated carbocycles. The predicted octanol–water partition coefficient (Wildman–Crippen LogP) is 6.37.